The van der Waals surface area contributed by atoms with Crippen LogP contribution in [-0.2, 0) is 0 Å². The summed E-state index contributed by atoms with van der Waals surface area (Å²) in [6, 6.07) is -0.312. The molecular formula is C13H28N2O2. The smallest absolute Gasteiger partial charge is 0.315 e. The highest BCUT2D eigenvalue weighted by Crippen LogP contribution is 2.06. The molecule has 0 rings (SSSR count). The van der Waals surface area contributed by atoms with Crippen molar-refractivity contribution in [1.29, 1.82) is 0 Å². The van der Waals surface area contributed by atoms with Crippen molar-refractivity contribution < 1.29 is 9.90 Å². The van der Waals surface area contributed by atoms with Gasteiger partial charge in [0.1, 0.15) is 0 Å². The molecule has 0 aliphatic carbocycles. The Morgan fingerprint density at radius 2 is 1.82 bits per heavy atom. The molecule has 0 aromatic heterocycles. The number of carbonyl (C=O) groups excluding carboxylic acids is 1. The first-order valence-corrected chi connectivity index (χ1v) is 6.68. The van der Waals surface area contributed by atoms with Gasteiger partial charge in [-0.2, -0.15) is 0 Å². The number of carbonyl (C=O) groups is 1. The summed E-state index contributed by atoms with van der Waals surface area (Å²) in [5.41, 5.74) is 0. The van der Waals surface area contributed by atoms with Crippen LogP contribution in [0.25, 0.3) is 0 Å². The summed E-state index contributed by atoms with van der Waals surface area (Å²) in [5, 5.41) is 14.8. The van der Waals surface area contributed by atoms with E-state index in [0.29, 0.717) is 18.4 Å². The number of urea groups is 1. The second-order valence-electron chi connectivity index (χ2n) is 5.05. The van der Waals surface area contributed by atoms with Gasteiger partial charge in [0.15, 0.2) is 0 Å². The minimum absolute atomic E-state index is 0.00339. The highest BCUT2D eigenvalue weighted by Gasteiger charge is 2.13. The average Bonchev–Trinajstić information content (AvgIpc) is 2.28. The van der Waals surface area contributed by atoms with E-state index in [1.54, 1.807) is 0 Å². The molecule has 17 heavy (non-hydrogen) atoms. The van der Waals surface area contributed by atoms with Crippen LogP contribution < -0.4 is 10.6 Å². The van der Waals surface area contributed by atoms with Crippen LogP contribution in [0.3, 0.4) is 0 Å². The maximum Gasteiger partial charge on any atom is 0.315 e. The lowest BCUT2D eigenvalue weighted by molar-refractivity contribution is 0.205. The summed E-state index contributed by atoms with van der Waals surface area (Å²) in [4.78, 5) is 11.6. The molecule has 0 saturated carbocycles. The van der Waals surface area contributed by atoms with Crippen LogP contribution >= 0.6 is 0 Å². The third-order valence-electron chi connectivity index (χ3n) is 3.02. The Hall–Kier alpha value is -0.770. The van der Waals surface area contributed by atoms with Crippen LogP contribution in [0.5, 0.6) is 0 Å². The van der Waals surface area contributed by atoms with Gasteiger partial charge in [0.05, 0.1) is 12.6 Å². The maximum atomic E-state index is 11.6. The van der Waals surface area contributed by atoms with Crippen LogP contribution in [0, 0.1) is 11.8 Å². The summed E-state index contributed by atoms with van der Waals surface area (Å²) in [5.74, 6) is 1.00. The molecule has 4 heteroatoms. The van der Waals surface area contributed by atoms with Gasteiger partial charge >= 0.3 is 6.03 Å². The topological polar surface area (TPSA) is 61.4 Å². The molecule has 0 radical (unpaired) electrons. The van der Waals surface area contributed by atoms with E-state index in [9.17, 15) is 4.79 Å². The number of hydrogen-bond acceptors (Lipinski definition) is 2. The normalized spacial score (nSPS) is 12.9. The largest absolute Gasteiger partial charge is 0.394 e. The Labute approximate surface area is 105 Å². The van der Waals surface area contributed by atoms with Crippen molar-refractivity contribution in [3.63, 3.8) is 0 Å². The van der Waals surface area contributed by atoms with Crippen molar-refractivity contribution in [3.05, 3.63) is 0 Å². The van der Waals surface area contributed by atoms with Gasteiger partial charge in [-0.05, 0) is 18.3 Å². The second-order valence-corrected chi connectivity index (χ2v) is 5.05. The maximum absolute atomic E-state index is 11.6. The first kappa shape index (κ1) is 16.2. The molecule has 0 aromatic carbocycles. The SMILES string of the molecule is CCC(CC)CNC(=O)NC(CO)CC(C)C. The highest BCUT2D eigenvalue weighted by molar-refractivity contribution is 5.74. The van der Waals surface area contributed by atoms with Crippen LogP contribution in [0.15, 0.2) is 0 Å². The third-order valence-corrected chi connectivity index (χ3v) is 3.02. The molecular weight excluding hydrogens is 216 g/mol. The quantitative estimate of drug-likeness (QED) is 0.612. The van der Waals surface area contributed by atoms with Crippen LogP contribution in [-0.4, -0.2) is 30.3 Å². The molecule has 0 aliphatic rings. The zero-order chi connectivity index (χ0) is 13.3. The third kappa shape index (κ3) is 8.02. The van der Waals surface area contributed by atoms with Crippen molar-refractivity contribution in [3.8, 4) is 0 Å². The second kappa shape index (κ2) is 9.28. The zero-order valence-corrected chi connectivity index (χ0v) is 11.6. The molecule has 0 spiro atoms. The van der Waals surface area contributed by atoms with Gasteiger partial charge in [-0.25, -0.2) is 4.79 Å². The lowest BCUT2D eigenvalue weighted by Crippen LogP contribution is -2.45. The fourth-order valence-electron chi connectivity index (χ4n) is 1.80. The fraction of sp³-hybridized carbons (Fsp3) is 0.923. The van der Waals surface area contributed by atoms with E-state index in [4.69, 9.17) is 5.11 Å². The van der Waals surface area contributed by atoms with Crippen LogP contribution in [0.4, 0.5) is 4.79 Å². The van der Waals surface area contributed by atoms with Crippen molar-refractivity contribution in [2.24, 2.45) is 11.8 Å². The molecule has 0 aliphatic heterocycles. The summed E-state index contributed by atoms with van der Waals surface area (Å²) in [7, 11) is 0. The van der Waals surface area contributed by atoms with Crippen LogP contribution in [0.1, 0.15) is 47.0 Å². The Kier molecular flexibility index (Phi) is 8.86. The average molecular weight is 244 g/mol. The van der Waals surface area contributed by atoms with E-state index in [-0.39, 0.29) is 18.7 Å². The number of amides is 2. The van der Waals surface area contributed by atoms with E-state index in [1.165, 1.54) is 0 Å². The molecule has 2 amide bonds. The fourth-order valence-corrected chi connectivity index (χ4v) is 1.80. The van der Waals surface area contributed by atoms with Gasteiger partial charge in [-0.15, -0.1) is 0 Å². The van der Waals surface area contributed by atoms with Gasteiger partial charge in [0, 0.05) is 6.54 Å². The standard InChI is InChI=1S/C13H28N2O2/c1-5-11(6-2)8-14-13(17)15-12(9-16)7-10(3)4/h10-12,16H,5-9H2,1-4H3,(H2,14,15,17). The van der Waals surface area contributed by atoms with Crippen molar-refractivity contribution in [2.75, 3.05) is 13.2 Å². The van der Waals surface area contributed by atoms with E-state index >= 15 is 0 Å². The Morgan fingerprint density at radius 1 is 1.24 bits per heavy atom. The van der Waals surface area contributed by atoms with Gasteiger partial charge in [-0.3, -0.25) is 0 Å². The summed E-state index contributed by atoms with van der Waals surface area (Å²) < 4.78 is 0. The van der Waals surface area contributed by atoms with E-state index in [2.05, 4.69) is 38.3 Å². The predicted octanol–water partition coefficient (Wildman–Crippen LogP) is 2.13. The Balaban J connectivity index is 3.90. The zero-order valence-electron chi connectivity index (χ0n) is 11.6. The molecule has 0 saturated heterocycles. The number of hydrogen-bond donors (Lipinski definition) is 3. The van der Waals surface area contributed by atoms with E-state index in [0.717, 1.165) is 19.3 Å². The summed E-state index contributed by atoms with van der Waals surface area (Å²) in [6.45, 7) is 9.11. The van der Waals surface area contributed by atoms with Gasteiger partial charge < -0.3 is 15.7 Å². The lowest BCUT2D eigenvalue weighted by Gasteiger charge is -2.20. The molecule has 0 aromatic rings. The monoisotopic (exact) mass is 244 g/mol. The van der Waals surface area contributed by atoms with Gasteiger partial charge in [0.2, 0.25) is 0 Å². The van der Waals surface area contributed by atoms with E-state index in [1.807, 2.05) is 0 Å². The first-order valence-electron chi connectivity index (χ1n) is 6.68. The lowest BCUT2D eigenvalue weighted by atomic mass is 10.0. The summed E-state index contributed by atoms with van der Waals surface area (Å²) >= 11 is 0. The molecule has 0 heterocycles. The Bertz CT molecular complexity index is 204. The summed E-state index contributed by atoms with van der Waals surface area (Å²) in [6.07, 6.45) is 2.95. The number of nitrogens with one attached hydrogen (secondary N) is 2. The number of aliphatic hydroxyl groups is 1. The van der Waals surface area contributed by atoms with Gasteiger partial charge in [-0.1, -0.05) is 40.5 Å². The van der Waals surface area contributed by atoms with Gasteiger partial charge in [0.25, 0.3) is 0 Å². The minimum Gasteiger partial charge on any atom is -0.394 e. The molecule has 102 valence electrons. The number of aliphatic hydroxyl groups excluding tert-OH is 1. The molecule has 0 bridgehead atoms. The minimum atomic E-state index is -0.170. The first-order chi connectivity index (χ1) is 8.03. The number of rotatable bonds is 8. The Morgan fingerprint density at radius 3 is 2.24 bits per heavy atom. The van der Waals surface area contributed by atoms with Crippen molar-refractivity contribution >= 4 is 6.03 Å². The molecule has 3 N–H and O–H groups in total. The predicted molar refractivity (Wildman–Crippen MR) is 70.9 cm³/mol. The molecule has 4 nitrogen and oxygen atoms in total. The highest BCUT2D eigenvalue weighted by atomic mass is 16.3. The molecule has 1 unspecified atom stereocenters. The molecule has 0 fully saturated rings. The van der Waals surface area contributed by atoms with Crippen LogP contribution in [0.2, 0.25) is 0 Å². The van der Waals surface area contributed by atoms with E-state index < -0.39 is 0 Å². The van der Waals surface area contributed by atoms with Crippen molar-refractivity contribution in [2.45, 2.75) is 53.0 Å². The van der Waals surface area contributed by atoms with Crippen molar-refractivity contribution in [1.82, 2.24) is 10.6 Å². The molecule has 1 atom stereocenters.